The maximum atomic E-state index is 11.8. The monoisotopic (exact) mass is 320 g/mol. The molecule has 1 heterocycles. The van der Waals surface area contributed by atoms with Crippen molar-refractivity contribution in [3.8, 4) is 0 Å². The number of aromatic amines is 1. The summed E-state index contributed by atoms with van der Waals surface area (Å²) < 4.78 is 11.8. The standard InChI is InChI=1S/C16H17FN2O2S/c17-11-3-7-14(22)9-10-16(21)19-13-5-1-2-8-15(20)18-12-4-6-13/h1-6,8-12,14,22H,7H2,(H,18,20)(H,19,21)/b10-9+,11-3+. The van der Waals surface area contributed by atoms with Crippen LogP contribution in [0.1, 0.15) is 6.42 Å². The third kappa shape index (κ3) is 8.06. The number of anilines is 1. The fraction of sp³-hybridized carbons (Fsp3) is 0.125. The predicted octanol–water partition coefficient (Wildman–Crippen LogP) is 3.17. The van der Waals surface area contributed by atoms with Gasteiger partial charge < -0.3 is 10.3 Å². The third-order valence-corrected chi connectivity index (χ3v) is 2.82. The van der Waals surface area contributed by atoms with Crippen LogP contribution in [0.2, 0.25) is 0 Å². The van der Waals surface area contributed by atoms with Gasteiger partial charge in [0, 0.05) is 29.3 Å². The maximum Gasteiger partial charge on any atom is 0.248 e. The van der Waals surface area contributed by atoms with E-state index in [1.165, 1.54) is 24.4 Å². The number of thiol groups is 1. The molecule has 1 rings (SSSR count). The average molecular weight is 320 g/mol. The number of aromatic nitrogens is 1. The van der Waals surface area contributed by atoms with Crippen LogP contribution in [-0.4, -0.2) is 16.1 Å². The highest BCUT2D eigenvalue weighted by molar-refractivity contribution is 7.81. The van der Waals surface area contributed by atoms with Crippen LogP contribution < -0.4 is 10.9 Å². The highest BCUT2D eigenvalue weighted by atomic mass is 32.1. The van der Waals surface area contributed by atoms with E-state index in [9.17, 15) is 14.0 Å². The molecular formula is C16H17FN2O2S. The van der Waals surface area contributed by atoms with Crippen LogP contribution in [0.4, 0.5) is 10.1 Å². The van der Waals surface area contributed by atoms with Gasteiger partial charge in [0.1, 0.15) is 0 Å². The second-order valence-corrected chi connectivity index (χ2v) is 4.88. The van der Waals surface area contributed by atoms with E-state index < -0.39 is 0 Å². The summed E-state index contributed by atoms with van der Waals surface area (Å²) in [5.74, 6) is -0.322. The van der Waals surface area contributed by atoms with Crippen molar-refractivity contribution in [2.24, 2.45) is 0 Å². The summed E-state index contributed by atoms with van der Waals surface area (Å²) in [6.07, 6.45) is 6.58. The lowest BCUT2D eigenvalue weighted by molar-refractivity contribution is -0.111. The zero-order chi connectivity index (χ0) is 16.2. The van der Waals surface area contributed by atoms with E-state index >= 15 is 0 Å². The van der Waals surface area contributed by atoms with Gasteiger partial charge in [0.05, 0.1) is 6.33 Å². The van der Waals surface area contributed by atoms with Gasteiger partial charge in [-0.15, -0.1) is 0 Å². The molecule has 1 aromatic heterocycles. The minimum atomic E-state index is -0.322. The molecule has 1 aromatic rings. The summed E-state index contributed by atoms with van der Waals surface area (Å²) >= 11 is 4.20. The Morgan fingerprint density at radius 2 is 2.05 bits per heavy atom. The first-order valence-electron chi connectivity index (χ1n) is 6.56. The lowest BCUT2D eigenvalue weighted by atomic mass is 10.2. The number of rotatable bonds is 5. The molecule has 0 radical (unpaired) electrons. The first kappa shape index (κ1) is 17.7. The van der Waals surface area contributed by atoms with Crippen molar-refractivity contribution in [3.05, 3.63) is 77.5 Å². The summed E-state index contributed by atoms with van der Waals surface area (Å²) in [5, 5.41) is 2.45. The smallest absolute Gasteiger partial charge is 0.248 e. The Morgan fingerprint density at radius 3 is 2.82 bits per heavy atom. The van der Waals surface area contributed by atoms with Crippen LogP contribution in [0.5, 0.6) is 0 Å². The lowest BCUT2D eigenvalue weighted by Gasteiger charge is -2.01. The van der Waals surface area contributed by atoms with E-state index in [0.29, 0.717) is 18.4 Å². The zero-order valence-electron chi connectivity index (χ0n) is 11.8. The molecule has 1 amide bonds. The molecule has 0 bridgehead atoms. The van der Waals surface area contributed by atoms with Crippen LogP contribution in [0, 0.1) is 0 Å². The summed E-state index contributed by atoms with van der Waals surface area (Å²) in [6, 6.07) is 9.49. The van der Waals surface area contributed by atoms with Crippen molar-refractivity contribution in [3.63, 3.8) is 0 Å². The molecule has 0 aliphatic rings. The fourth-order valence-corrected chi connectivity index (χ4v) is 1.63. The van der Waals surface area contributed by atoms with Crippen molar-refractivity contribution in [2.75, 3.05) is 5.32 Å². The van der Waals surface area contributed by atoms with Crippen molar-refractivity contribution in [1.29, 1.82) is 0 Å². The zero-order valence-corrected chi connectivity index (χ0v) is 12.7. The van der Waals surface area contributed by atoms with E-state index in [4.69, 9.17) is 0 Å². The van der Waals surface area contributed by atoms with Crippen LogP contribution in [0.15, 0.2) is 71.9 Å². The van der Waals surface area contributed by atoms with Crippen LogP contribution in [0.3, 0.4) is 0 Å². The molecule has 0 saturated carbocycles. The Balaban J connectivity index is 2.75. The van der Waals surface area contributed by atoms with Crippen molar-refractivity contribution >= 4 is 24.2 Å². The molecule has 2 N–H and O–H groups in total. The predicted molar refractivity (Wildman–Crippen MR) is 90.1 cm³/mol. The van der Waals surface area contributed by atoms with Gasteiger partial charge in [0.2, 0.25) is 11.5 Å². The first-order chi connectivity index (χ1) is 10.6. The van der Waals surface area contributed by atoms with Gasteiger partial charge in [-0.3, -0.25) is 9.59 Å². The quantitative estimate of drug-likeness (QED) is 0.576. The second kappa shape index (κ2) is 10.4. The number of carbonyl (C=O) groups is 1. The molecule has 1 atom stereocenters. The van der Waals surface area contributed by atoms with Gasteiger partial charge in [-0.2, -0.15) is 12.6 Å². The van der Waals surface area contributed by atoms with Crippen LogP contribution in [-0.2, 0) is 4.79 Å². The van der Waals surface area contributed by atoms with Crippen LogP contribution >= 0.6 is 12.6 Å². The minimum absolute atomic E-state index is 0.230. The summed E-state index contributed by atoms with van der Waals surface area (Å²) in [7, 11) is 0. The number of hydrogen-bond acceptors (Lipinski definition) is 3. The van der Waals surface area contributed by atoms with E-state index in [1.54, 1.807) is 36.4 Å². The van der Waals surface area contributed by atoms with E-state index in [1.807, 2.05) is 0 Å². The topological polar surface area (TPSA) is 62.0 Å². The lowest BCUT2D eigenvalue weighted by Crippen LogP contribution is -2.08. The molecule has 4 nitrogen and oxygen atoms in total. The number of allylic oxidation sites excluding steroid dienone is 1. The van der Waals surface area contributed by atoms with Crippen molar-refractivity contribution in [2.45, 2.75) is 11.7 Å². The Morgan fingerprint density at radius 1 is 1.32 bits per heavy atom. The van der Waals surface area contributed by atoms with Crippen molar-refractivity contribution in [1.82, 2.24) is 4.98 Å². The second-order valence-electron chi connectivity index (χ2n) is 4.22. The molecule has 0 aliphatic heterocycles. The molecule has 22 heavy (non-hydrogen) atoms. The molecule has 116 valence electrons. The summed E-state index contributed by atoms with van der Waals surface area (Å²) in [4.78, 5) is 25.5. The van der Waals surface area contributed by atoms with E-state index in [2.05, 4.69) is 22.9 Å². The first-order valence-corrected chi connectivity index (χ1v) is 7.08. The molecule has 0 fully saturated rings. The molecule has 0 spiro atoms. The maximum absolute atomic E-state index is 11.8. The van der Waals surface area contributed by atoms with Gasteiger partial charge >= 0.3 is 0 Å². The Hall–Kier alpha value is -2.34. The average Bonchev–Trinajstić information content (AvgIpc) is 2.51. The van der Waals surface area contributed by atoms with Crippen molar-refractivity contribution < 1.29 is 9.18 Å². The van der Waals surface area contributed by atoms with E-state index in [-0.39, 0.29) is 16.7 Å². The van der Waals surface area contributed by atoms with Gasteiger partial charge in [0.15, 0.2) is 0 Å². The normalized spacial score (nSPS) is 12.1. The highest BCUT2D eigenvalue weighted by Crippen LogP contribution is 2.06. The van der Waals surface area contributed by atoms with Crippen LogP contribution in [0.25, 0.3) is 0 Å². The summed E-state index contributed by atoms with van der Waals surface area (Å²) in [6.45, 7) is 0. The minimum Gasteiger partial charge on any atom is -0.329 e. The Bertz CT molecular complexity index is 624. The number of carbonyl (C=O) groups excluding carboxylic acids is 1. The highest BCUT2D eigenvalue weighted by Gasteiger charge is 1.98. The SMILES string of the molecule is O=C(/C=C/C(S)C/C=C/F)Nc1ccccc(=O)[nH]ccc1. The van der Waals surface area contributed by atoms with E-state index in [0.717, 1.165) is 0 Å². The van der Waals surface area contributed by atoms with Gasteiger partial charge in [-0.1, -0.05) is 24.3 Å². The Kier molecular flexibility index (Phi) is 8.37. The largest absolute Gasteiger partial charge is 0.329 e. The number of hydrogen-bond donors (Lipinski definition) is 3. The molecule has 0 aromatic carbocycles. The van der Waals surface area contributed by atoms with Gasteiger partial charge in [-0.25, -0.2) is 4.39 Å². The molecular weight excluding hydrogens is 303 g/mol. The molecule has 0 aliphatic carbocycles. The molecule has 0 saturated heterocycles. The third-order valence-electron chi connectivity index (χ3n) is 2.44. The number of halogens is 1. The fourth-order valence-electron chi connectivity index (χ4n) is 1.42. The Labute approximate surface area is 133 Å². The molecule has 1 unspecified atom stereocenters. The number of nitrogens with one attached hydrogen (secondary N) is 2. The number of H-pyrrole nitrogens is 1. The van der Waals surface area contributed by atoms with Gasteiger partial charge in [0.25, 0.3) is 0 Å². The van der Waals surface area contributed by atoms with Gasteiger partial charge in [-0.05, 0) is 24.6 Å². The molecule has 6 heteroatoms. The summed E-state index contributed by atoms with van der Waals surface area (Å²) in [5.41, 5.74) is 0.331. The number of amides is 1.